The van der Waals surface area contributed by atoms with Crippen molar-refractivity contribution in [3.05, 3.63) is 24.3 Å². The molecule has 2 rings (SSSR count). The van der Waals surface area contributed by atoms with E-state index in [0.717, 1.165) is 25.9 Å². The third-order valence-corrected chi connectivity index (χ3v) is 3.03. The second-order valence-corrected chi connectivity index (χ2v) is 4.07. The molecule has 0 saturated carbocycles. The summed E-state index contributed by atoms with van der Waals surface area (Å²) in [4.78, 5) is 19.8. The molecular formula is C11H16N4O. The molecule has 86 valence electrons. The first-order chi connectivity index (χ1) is 7.79. The predicted octanol–water partition coefficient (Wildman–Crippen LogP) is 0.0451. The highest BCUT2D eigenvalue weighted by atomic mass is 16.1. The largest absolute Gasteiger partial charge is 0.369 e. The van der Waals surface area contributed by atoms with Gasteiger partial charge in [0.1, 0.15) is 11.7 Å². The van der Waals surface area contributed by atoms with Crippen LogP contribution >= 0.6 is 0 Å². The van der Waals surface area contributed by atoms with Crippen molar-refractivity contribution in [3.8, 4) is 0 Å². The minimum absolute atomic E-state index is 0.265. The lowest BCUT2D eigenvalue weighted by molar-refractivity contribution is -0.121. The fraction of sp³-hybridized carbons (Fsp3) is 0.545. The average molecular weight is 220 g/mol. The monoisotopic (exact) mass is 220 g/mol. The number of nitrogens with one attached hydrogen (secondary N) is 1. The maximum absolute atomic E-state index is 11.5. The quantitative estimate of drug-likeness (QED) is 0.754. The van der Waals surface area contributed by atoms with Crippen molar-refractivity contribution in [1.29, 1.82) is 0 Å². The Morgan fingerprint density at radius 2 is 2.00 bits per heavy atom. The fourth-order valence-electron chi connectivity index (χ4n) is 2.22. The normalized spacial score (nSPS) is 19.2. The van der Waals surface area contributed by atoms with E-state index < -0.39 is 0 Å². The van der Waals surface area contributed by atoms with Crippen LogP contribution in [0.15, 0.2) is 18.5 Å². The van der Waals surface area contributed by atoms with Crippen molar-refractivity contribution in [1.82, 2.24) is 15.3 Å². The van der Waals surface area contributed by atoms with Crippen molar-refractivity contribution in [3.63, 3.8) is 0 Å². The number of carbonyl (C=O) groups excluding carboxylic acids is 1. The van der Waals surface area contributed by atoms with Gasteiger partial charge in [-0.25, -0.2) is 9.97 Å². The van der Waals surface area contributed by atoms with Crippen LogP contribution in [0.2, 0.25) is 0 Å². The zero-order chi connectivity index (χ0) is 11.4. The van der Waals surface area contributed by atoms with Gasteiger partial charge in [-0.1, -0.05) is 0 Å². The Morgan fingerprint density at radius 1 is 1.38 bits per heavy atom. The van der Waals surface area contributed by atoms with E-state index in [1.165, 1.54) is 0 Å². The van der Waals surface area contributed by atoms with Crippen LogP contribution < -0.4 is 11.1 Å². The average Bonchev–Trinajstić information content (AvgIpc) is 2.31. The Labute approximate surface area is 94.5 Å². The molecule has 5 nitrogen and oxygen atoms in total. The third kappa shape index (κ3) is 2.36. The molecule has 0 spiro atoms. The Kier molecular flexibility index (Phi) is 3.46. The van der Waals surface area contributed by atoms with Crippen LogP contribution in [-0.2, 0) is 4.79 Å². The molecule has 0 aliphatic carbocycles. The minimum Gasteiger partial charge on any atom is -0.369 e. The van der Waals surface area contributed by atoms with Crippen molar-refractivity contribution in [2.45, 2.75) is 18.8 Å². The van der Waals surface area contributed by atoms with E-state index in [1.54, 1.807) is 18.5 Å². The fourth-order valence-corrected chi connectivity index (χ4v) is 2.22. The number of hydrogen-bond acceptors (Lipinski definition) is 4. The highest BCUT2D eigenvalue weighted by Gasteiger charge is 2.31. The topological polar surface area (TPSA) is 80.9 Å². The van der Waals surface area contributed by atoms with Crippen molar-refractivity contribution >= 4 is 5.91 Å². The molecule has 2 heterocycles. The zero-order valence-electron chi connectivity index (χ0n) is 9.10. The molecule has 1 fully saturated rings. The van der Waals surface area contributed by atoms with E-state index in [2.05, 4.69) is 15.3 Å². The number of amides is 1. The smallest absolute Gasteiger partial charge is 0.228 e. The summed E-state index contributed by atoms with van der Waals surface area (Å²) in [6, 6.07) is 1.74. The summed E-state index contributed by atoms with van der Waals surface area (Å²) in [7, 11) is 0. The van der Waals surface area contributed by atoms with E-state index in [0.29, 0.717) is 5.82 Å². The van der Waals surface area contributed by atoms with Gasteiger partial charge in [-0.2, -0.15) is 0 Å². The molecule has 1 saturated heterocycles. The summed E-state index contributed by atoms with van der Waals surface area (Å²) in [6.45, 7) is 1.86. The summed E-state index contributed by atoms with van der Waals surface area (Å²) >= 11 is 0. The number of nitrogens with zero attached hydrogens (tertiary/aromatic N) is 2. The van der Waals surface area contributed by atoms with Crippen molar-refractivity contribution < 1.29 is 4.79 Å². The summed E-state index contributed by atoms with van der Waals surface area (Å²) < 4.78 is 0. The number of aromatic nitrogens is 2. The standard InChI is InChI=1S/C11H16N4O/c12-10(16)9(8-2-6-13-7-3-8)11-14-4-1-5-15-11/h1,4-5,8-9,13H,2-3,6-7H2,(H2,12,16). The van der Waals surface area contributed by atoms with Crippen molar-refractivity contribution in [2.24, 2.45) is 11.7 Å². The highest BCUT2D eigenvalue weighted by molar-refractivity contribution is 5.81. The molecular weight excluding hydrogens is 204 g/mol. The number of piperidine rings is 1. The van der Waals surface area contributed by atoms with Gasteiger partial charge >= 0.3 is 0 Å². The summed E-state index contributed by atoms with van der Waals surface area (Å²) in [5.41, 5.74) is 5.46. The molecule has 3 N–H and O–H groups in total. The first kappa shape index (κ1) is 11.0. The molecule has 1 aromatic rings. The van der Waals surface area contributed by atoms with Gasteiger partial charge < -0.3 is 11.1 Å². The first-order valence-electron chi connectivity index (χ1n) is 5.56. The van der Waals surface area contributed by atoms with Crippen LogP contribution in [0.25, 0.3) is 0 Å². The lowest BCUT2D eigenvalue weighted by Crippen LogP contribution is -2.36. The van der Waals surface area contributed by atoms with Gasteiger partial charge in [-0.15, -0.1) is 0 Å². The summed E-state index contributed by atoms with van der Waals surface area (Å²) in [6.07, 6.45) is 5.20. The third-order valence-electron chi connectivity index (χ3n) is 3.03. The molecule has 1 atom stereocenters. The molecule has 1 amide bonds. The maximum atomic E-state index is 11.5. The zero-order valence-corrected chi connectivity index (χ0v) is 9.10. The number of carbonyl (C=O) groups is 1. The predicted molar refractivity (Wildman–Crippen MR) is 59.6 cm³/mol. The van der Waals surface area contributed by atoms with Crippen LogP contribution in [0.1, 0.15) is 24.6 Å². The van der Waals surface area contributed by atoms with Crippen molar-refractivity contribution in [2.75, 3.05) is 13.1 Å². The van der Waals surface area contributed by atoms with E-state index in [9.17, 15) is 4.79 Å². The van der Waals surface area contributed by atoms with E-state index >= 15 is 0 Å². The van der Waals surface area contributed by atoms with Gasteiger partial charge in [0.25, 0.3) is 0 Å². The molecule has 16 heavy (non-hydrogen) atoms. The Morgan fingerprint density at radius 3 is 2.56 bits per heavy atom. The van der Waals surface area contributed by atoms with Gasteiger partial charge in [-0.3, -0.25) is 4.79 Å². The molecule has 0 aromatic carbocycles. The molecule has 0 radical (unpaired) electrons. The molecule has 0 bridgehead atoms. The lowest BCUT2D eigenvalue weighted by Gasteiger charge is -2.27. The van der Waals surface area contributed by atoms with Gasteiger partial charge in [0.15, 0.2) is 0 Å². The Hall–Kier alpha value is -1.49. The van der Waals surface area contributed by atoms with Crippen LogP contribution in [0, 0.1) is 5.92 Å². The van der Waals surface area contributed by atoms with E-state index in [4.69, 9.17) is 5.73 Å². The number of primary amides is 1. The molecule has 1 aliphatic rings. The van der Waals surface area contributed by atoms with Crippen LogP contribution in [0.4, 0.5) is 0 Å². The first-order valence-corrected chi connectivity index (χ1v) is 5.56. The van der Waals surface area contributed by atoms with E-state index in [-0.39, 0.29) is 17.7 Å². The minimum atomic E-state index is -0.344. The van der Waals surface area contributed by atoms with Crippen LogP contribution in [-0.4, -0.2) is 29.0 Å². The number of rotatable bonds is 3. The van der Waals surface area contributed by atoms with Crippen LogP contribution in [0.3, 0.4) is 0 Å². The number of nitrogens with two attached hydrogens (primary N) is 1. The molecule has 1 aliphatic heterocycles. The SMILES string of the molecule is NC(=O)C(c1ncccn1)C1CCNCC1. The van der Waals surface area contributed by atoms with Gasteiger partial charge in [-0.05, 0) is 37.9 Å². The summed E-state index contributed by atoms with van der Waals surface area (Å²) in [5, 5.41) is 3.27. The van der Waals surface area contributed by atoms with Gasteiger partial charge in [0, 0.05) is 12.4 Å². The van der Waals surface area contributed by atoms with Crippen LogP contribution in [0.5, 0.6) is 0 Å². The maximum Gasteiger partial charge on any atom is 0.228 e. The second kappa shape index (κ2) is 5.03. The second-order valence-electron chi connectivity index (χ2n) is 4.07. The van der Waals surface area contributed by atoms with E-state index in [1.807, 2.05) is 0 Å². The molecule has 5 heteroatoms. The van der Waals surface area contributed by atoms with Gasteiger partial charge in [0.2, 0.25) is 5.91 Å². The van der Waals surface area contributed by atoms with Gasteiger partial charge in [0.05, 0.1) is 0 Å². The molecule has 1 aromatic heterocycles. The Bertz CT molecular complexity index is 348. The summed E-state index contributed by atoms with van der Waals surface area (Å²) in [5.74, 6) is 0.157. The Balaban J connectivity index is 2.20. The number of hydrogen-bond donors (Lipinski definition) is 2. The lowest BCUT2D eigenvalue weighted by atomic mass is 9.84. The highest BCUT2D eigenvalue weighted by Crippen LogP contribution is 2.28. The molecule has 1 unspecified atom stereocenters.